The van der Waals surface area contributed by atoms with Crippen molar-refractivity contribution in [2.45, 2.75) is 52.2 Å². The fourth-order valence-corrected chi connectivity index (χ4v) is 2.23. The number of rotatable bonds is 7. The number of benzene rings is 1. The molecule has 1 aromatic rings. The summed E-state index contributed by atoms with van der Waals surface area (Å²) in [7, 11) is -0.405. The summed E-state index contributed by atoms with van der Waals surface area (Å²) in [6.07, 6.45) is 1.02. The van der Waals surface area contributed by atoms with Crippen molar-refractivity contribution in [3.63, 3.8) is 0 Å². The molecule has 0 unspecified atom stereocenters. The molecule has 0 aliphatic carbocycles. The Bertz CT molecular complexity index is 471. The predicted molar refractivity (Wildman–Crippen MR) is 88.8 cm³/mol. The van der Waals surface area contributed by atoms with Crippen LogP contribution in [-0.4, -0.2) is 38.1 Å². The molecule has 0 radical (unpaired) electrons. The van der Waals surface area contributed by atoms with Crippen LogP contribution < -0.4 is 10.2 Å². The zero-order valence-electron chi connectivity index (χ0n) is 14.3. The van der Waals surface area contributed by atoms with Gasteiger partial charge in [-0.2, -0.15) is 0 Å². The van der Waals surface area contributed by atoms with E-state index in [2.05, 4.69) is 34.6 Å². The van der Waals surface area contributed by atoms with Gasteiger partial charge >= 0.3 is 7.12 Å². The maximum absolute atomic E-state index is 6.10. The summed E-state index contributed by atoms with van der Waals surface area (Å²) < 4.78 is 23.5. The molecule has 0 saturated carbocycles. The lowest BCUT2D eigenvalue weighted by Gasteiger charge is -2.32. The summed E-state index contributed by atoms with van der Waals surface area (Å²) in [5.41, 5.74) is 0.223. The SMILES string of the molecule is CCCOCCOc1ccccc1B1OC(C)(C)C(C)(C)O1. The molecular formula is C17H27BO4. The molecular weight excluding hydrogens is 279 g/mol. The molecule has 122 valence electrons. The third-order valence-corrected chi connectivity index (χ3v) is 4.26. The quantitative estimate of drug-likeness (QED) is 0.573. The Labute approximate surface area is 134 Å². The summed E-state index contributed by atoms with van der Waals surface area (Å²) in [4.78, 5) is 0. The first-order chi connectivity index (χ1) is 10.4. The van der Waals surface area contributed by atoms with Gasteiger partial charge in [0.1, 0.15) is 12.4 Å². The molecule has 1 aliphatic heterocycles. The number of hydrogen-bond acceptors (Lipinski definition) is 4. The molecule has 1 saturated heterocycles. The second-order valence-corrected chi connectivity index (χ2v) is 6.59. The smallest absolute Gasteiger partial charge is 0.492 e. The zero-order valence-corrected chi connectivity index (χ0v) is 14.3. The first-order valence-corrected chi connectivity index (χ1v) is 8.02. The maximum Gasteiger partial charge on any atom is 0.498 e. The van der Waals surface area contributed by atoms with Crippen LogP contribution in [-0.2, 0) is 14.0 Å². The first-order valence-electron chi connectivity index (χ1n) is 8.02. The molecule has 22 heavy (non-hydrogen) atoms. The van der Waals surface area contributed by atoms with E-state index in [1.807, 2.05) is 24.3 Å². The normalized spacial score (nSPS) is 19.4. The Hall–Kier alpha value is -1.04. The van der Waals surface area contributed by atoms with Crippen LogP contribution in [0, 0.1) is 0 Å². The highest BCUT2D eigenvalue weighted by atomic mass is 16.7. The minimum Gasteiger partial charge on any atom is -0.492 e. The van der Waals surface area contributed by atoms with Gasteiger partial charge in [-0.05, 0) is 40.2 Å². The highest BCUT2D eigenvalue weighted by molar-refractivity contribution is 6.63. The molecule has 1 aliphatic rings. The molecule has 4 nitrogen and oxygen atoms in total. The van der Waals surface area contributed by atoms with E-state index in [0.29, 0.717) is 13.2 Å². The van der Waals surface area contributed by atoms with Gasteiger partial charge < -0.3 is 18.8 Å². The average Bonchev–Trinajstić information content (AvgIpc) is 2.67. The van der Waals surface area contributed by atoms with Crippen molar-refractivity contribution in [2.75, 3.05) is 19.8 Å². The van der Waals surface area contributed by atoms with Gasteiger partial charge in [-0.1, -0.05) is 25.1 Å². The van der Waals surface area contributed by atoms with E-state index in [9.17, 15) is 0 Å². The standard InChI is InChI=1S/C17H27BO4/c1-6-11-19-12-13-20-15-10-8-7-9-14(15)18-21-16(2,3)17(4,5)22-18/h7-10H,6,11-13H2,1-5H3. The van der Waals surface area contributed by atoms with Crippen molar-refractivity contribution in [1.29, 1.82) is 0 Å². The molecule has 1 fully saturated rings. The molecule has 0 aromatic heterocycles. The second-order valence-electron chi connectivity index (χ2n) is 6.59. The van der Waals surface area contributed by atoms with E-state index in [4.69, 9.17) is 18.8 Å². The monoisotopic (exact) mass is 306 g/mol. The second kappa shape index (κ2) is 7.03. The summed E-state index contributed by atoms with van der Waals surface area (Å²) in [6.45, 7) is 12.2. The summed E-state index contributed by atoms with van der Waals surface area (Å²) >= 11 is 0. The van der Waals surface area contributed by atoms with E-state index in [1.54, 1.807) is 0 Å². The molecule has 0 atom stereocenters. The molecule has 5 heteroatoms. The Kier molecular flexibility index (Phi) is 5.53. The van der Waals surface area contributed by atoms with E-state index < -0.39 is 7.12 Å². The average molecular weight is 306 g/mol. The van der Waals surface area contributed by atoms with Gasteiger partial charge in [0.05, 0.1) is 17.8 Å². The Morgan fingerprint density at radius 2 is 1.59 bits per heavy atom. The largest absolute Gasteiger partial charge is 0.498 e. The lowest BCUT2D eigenvalue weighted by atomic mass is 9.78. The molecule has 0 bridgehead atoms. The van der Waals surface area contributed by atoms with E-state index in [-0.39, 0.29) is 11.2 Å². The molecule has 0 spiro atoms. The first kappa shape index (κ1) is 17.3. The van der Waals surface area contributed by atoms with Crippen LogP contribution in [0.1, 0.15) is 41.0 Å². The van der Waals surface area contributed by atoms with Crippen LogP contribution in [0.3, 0.4) is 0 Å². The lowest BCUT2D eigenvalue weighted by molar-refractivity contribution is 0.00578. The van der Waals surface area contributed by atoms with Crippen LogP contribution in [0.15, 0.2) is 24.3 Å². The van der Waals surface area contributed by atoms with Gasteiger partial charge in [0.15, 0.2) is 0 Å². The third-order valence-electron chi connectivity index (χ3n) is 4.26. The van der Waals surface area contributed by atoms with Crippen LogP contribution in [0.25, 0.3) is 0 Å². The van der Waals surface area contributed by atoms with Gasteiger partial charge in [0, 0.05) is 12.1 Å². The molecule has 0 amide bonds. The fourth-order valence-electron chi connectivity index (χ4n) is 2.23. The third kappa shape index (κ3) is 3.83. The zero-order chi connectivity index (χ0) is 16.2. The highest BCUT2D eigenvalue weighted by Gasteiger charge is 2.52. The minimum absolute atomic E-state index is 0.352. The molecule has 1 heterocycles. The maximum atomic E-state index is 6.10. The molecule has 0 N–H and O–H groups in total. The lowest BCUT2D eigenvalue weighted by Crippen LogP contribution is -2.41. The van der Waals surface area contributed by atoms with E-state index in [1.165, 1.54) is 0 Å². The van der Waals surface area contributed by atoms with Gasteiger partial charge in [0.25, 0.3) is 0 Å². The number of hydrogen-bond donors (Lipinski definition) is 0. The summed E-state index contributed by atoms with van der Waals surface area (Å²) in [6, 6.07) is 7.86. The Balaban J connectivity index is 2.03. The Morgan fingerprint density at radius 1 is 0.955 bits per heavy atom. The van der Waals surface area contributed by atoms with Crippen molar-refractivity contribution >= 4 is 12.6 Å². The highest BCUT2D eigenvalue weighted by Crippen LogP contribution is 2.37. The topological polar surface area (TPSA) is 36.9 Å². The van der Waals surface area contributed by atoms with Crippen LogP contribution in [0.2, 0.25) is 0 Å². The molecule has 2 rings (SSSR count). The van der Waals surface area contributed by atoms with Crippen LogP contribution in [0.5, 0.6) is 5.75 Å². The summed E-state index contributed by atoms with van der Waals surface area (Å²) in [5, 5.41) is 0. The van der Waals surface area contributed by atoms with E-state index in [0.717, 1.165) is 24.2 Å². The van der Waals surface area contributed by atoms with Crippen LogP contribution in [0.4, 0.5) is 0 Å². The predicted octanol–water partition coefficient (Wildman–Crippen LogP) is 2.79. The molecule has 1 aromatic carbocycles. The van der Waals surface area contributed by atoms with Crippen molar-refractivity contribution < 1.29 is 18.8 Å². The van der Waals surface area contributed by atoms with Crippen LogP contribution >= 0.6 is 0 Å². The number of para-hydroxylation sites is 1. The summed E-state index contributed by atoms with van der Waals surface area (Å²) in [5.74, 6) is 0.793. The van der Waals surface area contributed by atoms with Crippen molar-refractivity contribution in [2.24, 2.45) is 0 Å². The van der Waals surface area contributed by atoms with Crippen molar-refractivity contribution in [3.05, 3.63) is 24.3 Å². The fraction of sp³-hybridized carbons (Fsp3) is 0.647. The van der Waals surface area contributed by atoms with Crippen molar-refractivity contribution in [3.8, 4) is 5.75 Å². The number of ether oxygens (including phenoxy) is 2. The van der Waals surface area contributed by atoms with E-state index >= 15 is 0 Å². The van der Waals surface area contributed by atoms with Gasteiger partial charge in [-0.15, -0.1) is 0 Å². The van der Waals surface area contributed by atoms with Gasteiger partial charge in [-0.25, -0.2) is 0 Å². The minimum atomic E-state index is -0.405. The Morgan fingerprint density at radius 3 is 2.23 bits per heavy atom. The van der Waals surface area contributed by atoms with Gasteiger partial charge in [-0.3, -0.25) is 0 Å². The van der Waals surface area contributed by atoms with Crippen molar-refractivity contribution in [1.82, 2.24) is 0 Å². The van der Waals surface area contributed by atoms with Gasteiger partial charge in [0.2, 0.25) is 0 Å².